The second kappa shape index (κ2) is 9.25. The van der Waals surface area contributed by atoms with Crippen molar-refractivity contribution >= 4 is 11.9 Å². The number of aliphatic hydroxyl groups excluding tert-OH is 1. The van der Waals surface area contributed by atoms with E-state index < -0.39 is 74.9 Å². The van der Waals surface area contributed by atoms with Crippen molar-refractivity contribution in [3.05, 3.63) is 23.8 Å². The lowest BCUT2D eigenvalue weighted by atomic mass is 9.65. The van der Waals surface area contributed by atoms with Gasteiger partial charge in [-0.15, -0.1) is 0 Å². The summed E-state index contributed by atoms with van der Waals surface area (Å²) in [5.74, 6) is -4.53. The minimum Gasteiger partial charge on any atom is -0.462 e. The monoisotopic (exact) mass is 432 g/mol. The molecule has 0 radical (unpaired) electrons. The topological polar surface area (TPSA) is 72.8 Å². The van der Waals surface area contributed by atoms with Gasteiger partial charge in [-0.2, -0.15) is 0 Å². The molecule has 1 fully saturated rings. The Balaban J connectivity index is 2.00. The zero-order valence-corrected chi connectivity index (χ0v) is 17.1. The van der Waals surface area contributed by atoms with Crippen molar-refractivity contribution in [2.24, 2.45) is 29.1 Å². The number of ether oxygens (including phenoxy) is 2. The van der Waals surface area contributed by atoms with Crippen molar-refractivity contribution in [1.82, 2.24) is 0 Å². The molecule has 1 saturated heterocycles. The van der Waals surface area contributed by atoms with E-state index in [2.05, 4.69) is 5.11 Å². The van der Waals surface area contributed by atoms with Crippen LogP contribution in [0.1, 0.15) is 90.7 Å². The lowest BCUT2D eigenvalue weighted by molar-refractivity contribution is -0.166. The van der Waals surface area contributed by atoms with Crippen molar-refractivity contribution in [3.8, 4) is 0 Å². The summed E-state index contributed by atoms with van der Waals surface area (Å²) in [5, 5.41) is 4.45. The van der Waals surface area contributed by atoms with Crippen LogP contribution < -0.4 is 0 Å². The standard InChI is InChI=1S/C25H38O5/c1-6-25(4,5)24(28)30-21-12-15(2)11-17-8-7-16(3)20(23(17)21)10-9-19-13-18(26)14-22(27)29-19/h7-8,11,15-16,18-21,23,26H,6,9-10,12-14H2,1-5H3/t15-,16-,18+,19?,20-,21-,23-/m0/s1/i1D3,4D3,5D3,6D2,14D2,26D. The fourth-order valence-electron chi connectivity index (χ4n) is 4.72. The predicted octanol–water partition coefficient (Wildman–Crippen LogP) is 4.59. The minimum absolute atomic E-state index is 0.0775. The molecule has 2 aliphatic carbocycles. The van der Waals surface area contributed by atoms with Crippen LogP contribution >= 0.6 is 0 Å². The predicted molar refractivity (Wildman–Crippen MR) is 115 cm³/mol. The van der Waals surface area contributed by atoms with Crippen LogP contribution in [-0.4, -0.2) is 36.8 Å². The molecule has 3 aliphatic rings. The third-order valence-corrected chi connectivity index (χ3v) is 6.20. The largest absolute Gasteiger partial charge is 0.462 e. The van der Waals surface area contributed by atoms with Gasteiger partial charge in [0.25, 0.3) is 0 Å². The average Bonchev–Trinajstić information content (AvgIpc) is 2.83. The van der Waals surface area contributed by atoms with E-state index in [4.69, 9.17) is 28.7 Å². The fourth-order valence-corrected chi connectivity index (χ4v) is 4.72. The van der Waals surface area contributed by atoms with Gasteiger partial charge >= 0.3 is 11.9 Å². The number of fused-ring (bicyclic) bond motifs is 1. The Labute approximate surface area is 200 Å². The van der Waals surface area contributed by atoms with E-state index in [1.807, 2.05) is 25.2 Å². The first-order chi connectivity index (χ1) is 19.8. The summed E-state index contributed by atoms with van der Waals surface area (Å²) in [6.45, 7) is -8.05. The molecule has 5 heteroatoms. The van der Waals surface area contributed by atoms with Gasteiger partial charge in [0.15, 0.2) is 0 Å². The molecular formula is C25H38O5. The first-order valence-corrected chi connectivity index (χ1v) is 10.3. The number of allylic oxidation sites excluding steroid dienone is 3. The highest BCUT2D eigenvalue weighted by molar-refractivity contribution is 5.76. The second-order valence-corrected chi connectivity index (χ2v) is 8.58. The van der Waals surface area contributed by atoms with E-state index >= 15 is 0 Å². The van der Waals surface area contributed by atoms with Crippen LogP contribution in [0.4, 0.5) is 0 Å². The molecule has 3 rings (SSSR count). The van der Waals surface area contributed by atoms with Crippen LogP contribution in [-0.2, 0) is 19.1 Å². The molecule has 0 spiro atoms. The Kier molecular flexibility index (Phi) is 3.33. The number of rotatable bonds is 7. The Morgan fingerprint density at radius 2 is 2.27 bits per heavy atom. The summed E-state index contributed by atoms with van der Waals surface area (Å²) in [5.41, 5.74) is -3.34. The van der Waals surface area contributed by atoms with Gasteiger partial charge in [-0.05, 0) is 62.7 Å². The quantitative estimate of drug-likeness (QED) is 0.596. The maximum absolute atomic E-state index is 13.9. The maximum Gasteiger partial charge on any atom is 0.311 e. The molecule has 1 unspecified atom stereocenters. The van der Waals surface area contributed by atoms with Crippen molar-refractivity contribution < 1.29 is 42.0 Å². The number of cyclic esters (lactones) is 1. The van der Waals surface area contributed by atoms with Gasteiger partial charge in [0, 0.05) is 30.2 Å². The highest BCUT2D eigenvalue weighted by Gasteiger charge is 2.43. The van der Waals surface area contributed by atoms with Crippen LogP contribution in [0.25, 0.3) is 0 Å². The van der Waals surface area contributed by atoms with Crippen LogP contribution in [0.5, 0.6) is 0 Å². The number of carbonyl (C=O) groups excluding carboxylic acids is 2. The molecule has 1 aliphatic heterocycles. The van der Waals surface area contributed by atoms with Crippen molar-refractivity contribution in [1.29, 1.82) is 1.43 Å². The van der Waals surface area contributed by atoms with Gasteiger partial charge in [-0.25, -0.2) is 0 Å². The molecule has 30 heavy (non-hydrogen) atoms. The Morgan fingerprint density at radius 3 is 3.00 bits per heavy atom. The normalized spacial score (nSPS) is 46.8. The van der Waals surface area contributed by atoms with E-state index in [0.717, 1.165) is 0 Å². The van der Waals surface area contributed by atoms with E-state index in [9.17, 15) is 9.59 Å². The van der Waals surface area contributed by atoms with E-state index in [0.29, 0.717) is 12.0 Å². The van der Waals surface area contributed by atoms with Gasteiger partial charge < -0.3 is 14.6 Å². The summed E-state index contributed by atoms with van der Waals surface area (Å²) < 4.78 is 121. The Hall–Kier alpha value is -1.62. The number of esters is 2. The maximum atomic E-state index is 13.9. The first-order valence-electron chi connectivity index (χ1n) is 17.2. The van der Waals surface area contributed by atoms with Crippen LogP contribution in [0.2, 0.25) is 0 Å². The number of aliphatic hydroxyl groups is 1. The highest BCUT2D eigenvalue weighted by Crippen LogP contribution is 2.45. The van der Waals surface area contributed by atoms with Gasteiger partial charge in [-0.1, -0.05) is 38.9 Å². The van der Waals surface area contributed by atoms with Crippen LogP contribution in [0, 0.1) is 29.1 Å². The number of carbonyl (C=O) groups is 2. The number of hydrogen-bond donors (Lipinski definition) is 1. The summed E-state index contributed by atoms with van der Waals surface area (Å²) >= 11 is 0. The molecule has 0 amide bonds. The molecule has 0 aromatic rings. The summed E-state index contributed by atoms with van der Waals surface area (Å²) in [7, 11) is 0. The minimum atomic E-state index is -4.05. The molecule has 0 bridgehead atoms. The third kappa shape index (κ3) is 5.16. The zero-order valence-electron chi connectivity index (χ0n) is 31.1. The van der Waals surface area contributed by atoms with E-state index in [1.165, 1.54) is 0 Å². The van der Waals surface area contributed by atoms with E-state index in [1.54, 1.807) is 6.92 Å². The molecule has 0 saturated carbocycles. The molecular weight excluding hydrogens is 380 g/mol. The SMILES string of the molecule is [2H]O[C@@H]1CC(CC[C@@H]2[C@@H]3C(=C[C@H](C)C[C@@H]3OC(=O)C(C([2H])([2H])[2H])(C([2H])([2H])[2H])C([2H])([2H])C([2H])([2H])[2H])C=C[C@@H]2C)OC(=O)C1([2H])[2H]. The van der Waals surface area contributed by atoms with Gasteiger partial charge in [0.2, 0.25) is 1.43 Å². The van der Waals surface area contributed by atoms with Crippen molar-refractivity contribution in [2.45, 2.75) is 91.1 Å². The molecule has 0 aromatic carbocycles. The summed E-state index contributed by atoms with van der Waals surface area (Å²) in [6.07, 6.45) is -3.63. The lowest BCUT2D eigenvalue weighted by Gasteiger charge is -2.44. The Morgan fingerprint density at radius 1 is 1.43 bits per heavy atom. The average molecular weight is 433 g/mol. The van der Waals surface area contributed by atoms with Crippen LogP contribution in [0.3, 0.4) is 0 Å². The third-order valence-electron chi connectivity index (χ3n) is 6.20. The molecule has 5 nitrogen and oxygen atoms in total. The molecule has 7 atom stereocenters. The molecule has 1 N–H and O–H groups in total. The molecule has 1 heterocycles. The van der Waals surface area contributed by atoms with Gasteiger partial charge in [0.05, 0.1) is 17.9 Å². The summed E-state index contributed by atoms with van der Waals surface area (Å²) in [4.78, 5) is 26.1. The second-order valence-electron chi connectivity index (χ2n) is 8.58. The van der Waals surface area contributed by atoms with Gasteiger partial charge in [0.1, 0.15) is 12.2 Å². The van der Waals surface area contributed by atoms with Gasteiger partial charge in [-0.3, -0.25) is 9.59 Å². The Bertz CT molecular complexity index is 1140. The highest BCUT2D eigenvalue weighted by atomic mass is 16.6. The summed E-state index contributed by atoms with van der Waals surface area (Å²) in [6, 6.07) is 0. The smallest absolute Gasteiger partial charge is 0.311 e. The van der Waals surface area contributed by atoms with Crippen molar-refractivity contribution in [3.63, 3.8) is 0 Å². The first kappa shape index (κ1) is 10.8. The van der Waals surface area contributed by atoms with E-state index in [-0.39, 0.29) is 37.0 Å². The fraction of sp³-hybridized carbons (Fsp3) is 0.760. The van der Waals surface area contributed by atoms with Crippen LogP contribution in [0.15, 0.2) is 23.8 Å². The zero-order chi connectivity index (χ0) is 33.8. The molecule has 0 aromatic heterocycles. The number of hydrogen-bond acceptors (Lipinski definition) is 5. The molecule has 168 valence electrons. The lowest BCUT2D eigenvalue weighted by Crippen LogP contribution is -2.43. The van der Waals surface area contributed by atoms with Crippen molar-refractivity contribution in [2.75, 3.05) is 0 Å².